The second-order valence-corrected chi connectivity index (χ2v) is 15.0. The Hall–Kier alpha value is -2.37. The second-order valence-electron chi connectivity index (χ2n) is 15.0. The van der Waals surface area contributed by atoms with Gasteiger partial charge < -0.3 is 14.2 Å². The summed E-state index contributed by atoms with van der Waals surface area (Å²) < 4.78 is 16.6. The first-order valence-electron chi connectivity index (χ1n) is 22.5. The zero-order chi connectivity index (χ0) is 38.7. The van der Waals surface area contributed by atoms with Crippen LogP contribution in [0.3, 0.4) is 0 Å². The van der Waals surface area contributed by atoms with Crippen LogP contribution >= 0.6 is 0 Å². The van der Waals surface area contributed by atoms with E-state index in [0.717, 1.165) is 89.9 Å². The molecule has 1 atom stereocenters. The van der Waals surface area contributed by atoms with Crippen molar-refractivity contribution in [3.8, 4) is 0 Å². The molecule has 53 heavy (non-hydrogen) atoms. The van der Waals surface area contributed by atoms with Gasteiger partial charge in [0.25, 0.3) is 0 Å². The van der Waals surface area contributed by atoms with E-state index in [9.17, 15) is 14.4 Å². The number of carbonyl (C=O) groups excluding carboxylic acids is 3. The zero-order valence-electron chi connectivity index (χ0n) is 35.0. The molecule has 6 nitrogen and oxygen atoms in total. The molecule has 0 aliphatic heterocycles. The summed E-state index contributed by atoms with van der Waals surface area (Å²) in [6.07, 6.45) is 47.3. The molecule has 0 aromatic carbocycles. The molecule has 0 spiro atoms. The van der Waals surface area contributed by atoms with Crippen molar-refractivity contribution in [2.45, 2.75) is 232 Å². The lowest BCUT2D eigenvalue weighted by molar-refractivity contribution is -0.167. The molecule has 0 aliphatic rings. The third-order valence-corrected chi connectivity index (χ3v) is 9.62. The first-order chi connectivity index (χ1) is 26.0. The number of carbonyl (C=O) groups is 3. The van der Waals surface area contributed by atoms with Crippen molar-refractivity contribution in [2.75, 3.05) is 13.2 Å². The fourth-order valence-electron chi connectivity index (χ4n) is 6.17. The molecule has 0 saturated carbocycles. The first-order valence-corrected chi connectivity index (χ1v) is 22.5. The molecule has 0 N–H and O–H groups in total. The van der Waals surface area contributed by atoms with Crippen LogP contribution in [0.2, 0.25) is 0 Å². The summed E-state index contributed by atoms with van der Waals surface area (Å²) in [5.41, 5.74) is 0. The zero-order valence-corrected chi connectivity index (χ0v) is 35.0. The van der Waals surface area contributed by atoms with Crippen LogP contribution in [-0.2, 0) is 28.6 Å². The Morgan fingerprint density at radius 1 is 0.377 bits per heavy atom. The highest BCUT2D eigenvalue weighted by Crippen LogP contribution is 2.13. The van der Waals surface area contributed by atoms with Crippen LogP contribution in [0.5, 0.6) is 0 Å². The molecule has 0 radical (unpaired) electrons. The molecule has 0 fully saturated rings. The number of hydrogen-bond acceptors (Lipinski definition) is 6. The number of rotatable bonds is 40. The molecule has 0 aromatic heterocycles. The highest BCUT2D eigenvalue weighted by atomic mass is 16.6. The van der Waals surface area contributed by atoms with E-state index in [1.54, 1.807) is 0 Å². The van der Waals surface area contributed by atoms with Gasteiger partial charge in [-0.2, -0.15) is 0 Å². The van der Waals surface area contributed by atoms with Crippen LogP contribution in [0.15, 0.2) is 36.5 Å². The lowest BCUT2D eigenvalue weighted by Gasteiger charge is -2.18. The predicted octanol–water partition coefficient (Wildman–Crippen LogP) is 14.2. The normalized spacial score (nSPS) is 12.3. The van der Waals surface area contributed by atoms with Crippen molar-refractivity contribution in [1.29, 1.82) is 0 Å². The molecule has 0 rings (SSSR count). The van der Waals surface area contributed by atoms with Gasteiger partial charge in [-0.15, -0.1) is 0 Å². The number of hydrogen-bond donors (Lipinski definition) is 0. The minimum Gasteiger partial charge on any atom is -0.462 e. The molecule has 0 heterocycles. The van der Waals surface area contributed by atoms with Gasteiger partial charge in [0.2, 0.25) is 0 Å². The Balaban J connectivity index is 4.22. The average Bonchev–Trinajstić information content (AvgIpc) is 3.15. The van der Waals surface area contributed by atoms with Gasteiger partial charge in [0.05, 0.1) is 0 Å². The smallest absolute Gasteiger partial charge is 0.306 e. The van der Waals surface area contributed by atoms with E-state index in [4.69, 9.17) is 14.2 Å². The average molecular weight is 745 g/mol. The predicted molar refractivity (Wildman–Crippen MR) is 224 cm³/mol. The lowest BCUT2D eigenvalue weighted by Crippen LogP contribution is -2.30. The van der Waals surface area contributed by atoms with Crippen LogP contribution in [0.4, 0.5) is 0 Å². The van der Waals surface area contributed by atoms with Crippen molar-refractivity contribution in [3.05, 3.63) is 36.5 Å². The molecule has 6 heteroatoms. The minimum absolute atomic E-state index is 0.0786. The van der Waals surface area contributed by atoms with Crippen molar-refractivity contribution in [3.63, 3.8) is 0 Å². The Morgan fingerprint density at radius 2 is 0.679 bits per heavy atom. The van der Waals surface area contributed by atoms with E-state index in [-0.39, 0.29) is 31.1 Å². The summed E-state index contributed by atoms with van der Waals surface area (Å²) in [6.45, 7) is 6.49. The molecule has 0 aromatic rings. The number of esters is 3. The van der Waals surface area contributed by atoms with Crippen LogP contribution in [-0.4, -0.2) is 37.2 Å². The Kier molecular flexibility index (Phi) is 40.5. The maximum atomic E-state index is 12.6. The van der Waals surface area contributed by atoms with Gasteiger partial charge in [-0.05, 0) is 77.0 Å². The second kappa shape index (κ2) is 42.4. The third kappa shape index (κ3) is 40.6. The Bertz CT molecular complexity index is 907. The SMILES string of the molecule is CCCCC/C=C\CCCCCCCC(=O)OC(COC(=O)CCCCCCC)COC(=O)CCCCCCCCC/C=C\C/C=C\CCCCCC. The van der Waals surface area contributed by atoms with E-state index < -0.39 is 6.10 Å². The summed E-state index contributed by atoms with van der Waals surface area (Å²) in [7, 11) is 0. The van der Waals surface area contributed by atoms with E-state index in [1.807, 2.05) is 0 Å². The molecule has 0 bridgehead atoms. The van der Waals surface area contributed by atoms with Gasteiger partial charge in [-0.25, -0.2) is 0 Å². The number of allylic oxidation sites excluding steroid dienone is 6. The molecular weight excluding hydrogens is 661 g/mol. The topological polar surface area (TPSA) is 78.9 Å². The first kappa shape index (κ1) is 50.6. The van der Waals surface area contributed by atoms with Gasteiger partial charge in [0.1, 0.15) is 13.2 Å². The maximum Gasteiger partial charge on any atom is 0.306 e. The van der Waals surface area contributed by atoms with Gasteiger partial charge in [-0.1, -0.05) is 166 Å². The Labute approximate surface area is 327 Å². The molecule has 0 aliphatic carbocycles. The van der Waals surface area contributed by atoms with Gasteiger partial charge in [-0.3, -0.25) is 14.4 Å². The summed E-state index contributed by atoms with van der Waals surface area (Å²) in [4.78, 5) is 37.4. The van der Waals surface area contributed by atoms with Crippen molar-refractivity contribution >= 4 is 17.9 Å². The van der Waals surface area contributed by atoms with E-state index in [1.165, 1.54) is 96.3 Å². The summed E-state index contributed by atoms with van der Waals surface area (Å²) in [5, 5.41) is 0. The molecule has 308 valence electrons. The quantitative estimate of drug-likeness (QED) is 0.0269. The molecule has 0 saturated heterocycles. The number of ether oxygens (including phenoxy) is 3. The summed E-state index contributed by atoms with van der Waals surface area (Å²) in [5.74, 6) is -0.909. The third-order valence-electron chi connectivity index (χ3n) is 9.62. The van der Waals surface area contributed by atoms with Crippen molar-refractivity contribution < 1.29 is 28.6 Å². The highest BCUT2D eigenvalue weighted by molar-refractivity contribution is 5.71. The Morgan fingerprint density at radius 3 is 1.11 bits per heavy atom. The van der Waals surface area contributed by atoms with E-state index in [2.05, 4.69) is 57.2 Å². The standard InChI is InChI=1S/C47H84O6/c1-4-7-10-13-15-17-19-21-22-23-24-25-26-28-29-31-34-37-40-46(49)52-43-44(42-51-45(48)39-36-33-12-9-6-3)53-47(50)41-38-35-32-30-27-20-18-16-14-11-8-5-2/h16-19,22-23,44H,4-15,20-21,24-43H2,1-3H3/b18-16-,19-17-,23-22-. The van der Waals surface area contributed by atoms with Gasteiger partial charge in [0.15, 0.2) is 6.10 Å². The number of unbranched alkanes of at least 4 members (excludes halogenated alkanes) is 23. The monoisotopic (exact) mass is 745 g/mol. The van der Waals surface area contributed by atoms with Crippen LogP contribution in [0.1, 0.15) is 226 Å². The fraction of sp³-hybridized carbons (Fsp3) is 0.809. The fourth-order valence-corrected chi connectivity index (χ4v) is 6.17. The van der Waals surface area contributed by atoms with Crippen LogP contribution < -0.4 is 0 Å². The van der Waals surface area contributed by atoms with Crippen LogP contribution in [0.25, 0.3) is 0 Å². The van der Waals surface area contributed by atoms with E-state index >= 15 is 0 Å². The molecule has 0 amide bonds. The minimum atomic E-state index is -0.772. The largest absolute Gasteiger partial charge is 0.462 e. The highest BCUT2D eigenvalue weighted by Gasteiger charge is 2.19. The summed E-state index contributed by atoms with van der Waals surface area (Å²) in [6, 6.07) is 0. The maximum absolute atomic E-state index is 12.6. The lowest BCUT2D eigenvalue weighted by atomic mass is 10.1. The van der Waals surface area contributed by atoms with Crippen molar-refractivity contribution in [2.24, 2.45) is 0 Å². The molecule has 1 unspecified atom stereocenters. The summed E-state index contributed by atoms with van der Waals surface area (Å²) >= 11 is 0. The molecular formula is C47H84O6. The van der Waals surface area contributed by atoms with Gasteiger partial charge >= 0.3 is 17.9 Å². The van der Waals surface area contributed by atoms with Crippen molar-refractivity contribution in [1.82, 2.24) is 0 Å². The van der Waals surface area contributed by atoms with Gasteiger partial charge in [0, 0.05) is 19.3 Å². The van der Waals surface area contributed by atoms with Crippen LogP contribution in [0, 0.1) is 0 Å². The van der Waals surface area contributed by atoms with E-state index in [0.29, 0.717) is 19.3 Å².